The van der Waals surface area contributed by atoms with Gasteiger partial charge in [0.05, 0.1) is 16.7 Å². The fraction of sp³-hybridized carbons (Fsp3) is 0. The minimum absolute atomic E-state index is 0.284. The molecule has 0 spiro atoms. The molecule has 0 aliphatic heterocycles. The van der Waals surface area contributed by atoms with Crippen LogP contribution in [0.2, 0.25) is 0 Å². The van der Waals surface area contributed by atoms with Crippen LogP contribution in [0.15, 0.2) is 54.9 Å². The molecular formula is C16H10FN3S. The third-order valence-electron chi connectivity index (χ3n) is 3.54. The predicted octanol–water partition coefficient (Wildman–Crippen LogP) is 4.38. The van der Waals surface area contributed by atoms with Gasteiger partial charge in [0.25, 0.3) is 0 Å². The largest absolute Gasteiger partial charge is 0.330 e. The molecule has 3 nitrogen and oxygen atoms in total. The van der Waals surface area contributed by atoms with Gasteiger partial charge in [-0.1, -0.05) is 12.1 Å². The second kappa shape index (κ2) is 4.49. The average molecular weight is 295 g/mol. The number of aromatic nitrogens is 3. The first kappa shape index (κ1) is 12.2. The van der Waals surface area contributed by atoms with Crippen molar-refractivity contribution in [3.8, 4) is 5.69 Å². The van der Waals surface area contributed by atoms with Crippen molar-refractivity contribution in [3.63, 3.8) is 0 Å². The molecule has 0 unspecified atom stereocenters. The van der Waals surface area contributed by atoms with Gasteiger partial charge in [0, 0.05) is 23.2 Å². The summed E-state index contributed by atoms with van der Waals surface area (Å²) in [5.41, 5.74) is 2.49. The Morgan fingerprint density at radius 1 is 1.14 bits per heavy atom. The summed E-state index contributed by atoms with van der Waals surface area (Å²) in [6, 6.07) is 12.5. The van der Waals surface area contributed by atoms with Crippen molar-refractivity contribution in [1.82, 2.24) is 14.5 Å². The molecular weight excluding hydrogens is 285 g/mol. The zero-order chi connectivity index (χ0) is 14.4. The van der Waals surface area contributed by atoms with Crippen molar-refractivity contribution >= 4 is 34.0 Å². The standard InChI is InChI=1S/C16H10FN3S/c17-11-4-5-15-13(8-11)19-16(21)20(15)14-3-1-2-10-9-18-7-6-12(10)14/h1-9H,(H,19,21). The third-order valence-corrected chi connectivity index (χ3v) is 3.83. The van der Waals surface area contributed by atoms with Gasteiger partial charge < -0.3 is 4.98 Å². The van der Waals surface area contributed by atoms with Crippen LogP contribution in [0.4, 0.5) is 4.39 Å². The minimum Gasteiger partial charge on any atom is -0.330 e. The quantitative estimate of drug-likeness (QED) is 0.529. The molecule has 0 bridgehead atoms. The number of pyridine rings is 1. The number of H-pyrrole nitrogens is 1. The van der Waals surface area contributed by atoms with E-state index in [1.54, 1.807) is 12.3 Å². The van der Waals surface area contributed by atoms with Crippen LogP contribution in [0.5, 0.6) is 0 Å². The first-order chi connectivity index (χ1) is 10.2. The second-order valence-corrected chi connectivity index (χ2v) is 5.19. The lowest BCUT2D eigenvalue weighted by molar-refractivity contribution is 0.629. The molecule has 0 saturated carbocycles. The van der Waals surface area contributed by atoms with Crippen molar-refractivity contribution < 1.29 is 4.39 Å². The molecule has 0 saturated heterocycles. The Bertz CT molecular complexity index is 1030. The third kappa shape index (κ3) is 1.86. The summed E-state index contributed by atoms with van der Waals surface area (Å²) in [5, 5.41) is 2.09. The molecule has 102 valence electrons. The Balaban J connectivity index is 2.14. The molecule has 1 N–H and O–H groups in total. The maximum absolute atomic E-state index is 13.4. The topological polar surface area (TPSA) is 33.6 Å². The van der Waals surface area contributed by atoms with Crippen LogP contribution >= 0.6 is 12.2 Å². The highest BCUT2D eigenvalue weighted by Gasteiger charge is 2.10. The lowest BCUT2D eigenvalue weighted by Crippen LogP contribution is -1.95. The summed E-state index contributed by atoms with van der Waals surface area (Å²) in [6.45, 7) is 0. The Labute approximate surface area is 124 Å². The van der Waals surface area contributed by atoms with Gasteiger partial charge in [-0.2, -0.15) is 0 Å². The lowest BCUT2D eigenvalue weighted by Gasteiger charge is -2.08. The molecule has 0 amide bonds. The van der Waals surface area contributed by atoms with Gasteiger partial charge in [-0.3, -0.25) is 9.55 Å². The van der Waals surface area contributed by atoms with E-state index in [1.165, 1.54) is 12.1 Å². The number of fused-ring (bicyclic) bond motifs is 2. The van der Waals surface area contributed by atoms with Crippen molar-refractivity contribution in [1.29, 1.82) is 0 Å². The van der Waals surface area contributed by atoms with Crippen molar-refractivity contribution in [2.75, 3.05) is 0 Å². The summed E-state index contributed by atoms with van der Waals surface area (Å²) in [4.78, 5) is 7.19. The van der Waals surface area contributed by atoms with Crippen LogP contribution in [0.3, 0.4) is 0 Å². The molecule has 5 heteroatoms. The van der Waals surface area contributed by atoms with Gasteiger partial charge in [0.15, 0.2) is 4.77 Å². The van der Waals surface area contributed by atoms with E-state index in [1.807, 2.05) is 35.0 Å². The lowest BCUT2D eigenvalue weighted by atomic mass is 10.1. The van der Waals surface area contributed by atoms with Crippen molar-refractivity contribution in [3.05, 3.63) is 65.4 Å². The predicted molar refractivity (Wildman–Crippen MR) is 83.7 cm³/mol. The van der Waals surface area contributed by atoms with Gasteiger partial charge in [0.1, 0.15) is 5.82 Å². The molecule has 2 heterocycles. The highest BCUT2D eigenvalue weighted by molar-refractivity contribution is 7.71. The van der Waals surface area contributed by atoms with Gasteiger partial charge in [-0.25, -0.2) is 4.39 Å². The number of halogens is 1. The van der Waals surface area contributed by atoms with Crippen LogP contribution in [-0.2, 0) is 0 Å². The first-order valence-corrected chi connectivity index (χ1v) is 6.88. The number of nitrogens with zero attached hydrogens (tertiary/aromatic N) is 2. The normalized spacial score (nSPS) is 11.3. The summed E-state index contributed by atoms with van der Waals surface area (Å²) in [5.74, 6) is -0.284. The van der Waals surface area contributed by atoms with Gasteiger partial charge in [-0.15, -0.1) is 0 Å². The Hall–Kier alpha value is -2.53. The summed E-state index contributed by atoms with van der Waals surface area (Å²) < 4.78 is 15.8. The molecule has 2 aromatic carbocycles. The number of aromatic amines is 1. The van der Waals surface area contributed by atoms with Crippen LogP contribution in [0.25, 0.3) is 27.5 Å². The van der Waals surface area contributed by atoms with Gasteiger partial charge >= 0.3 is 0 Å². The van der Waals surface area contributed by atoms with Crippen LogP contribution in [0.1, 0.15) is 0 Å². The maximum atomic E-state index is 13.4. The van der Waals surface area contributed by atoms with Crippen molar-refractivity contribution in [2.45, 2.75) is 0 Å². The highest BCUT2D eigenvalue weighted by Crippen LogP contribution is 2.26. The number of nitrogens with one attached hydrogen (secondary N) is 1. The number of rotatable bonds is 1. The van der Waals surface area contributed by atoms with E-state index in [4.69, 9.17) is 12.2 Å². The zero-order valence-corrected chi connectivity index (χ0v) is 11.7. The van der Waals surface area contributed by atoms with Gasteiger partial charge in [-0.05, 0) is 42.5 Å². The van der Waals surface area contributed by atoms with E-state index in [2.05, 4.69) is 9.97 Å². The van der Waals surface area contributed by atoms with E-state index in [0.717, 1.165) is 22.0 Å². The number of imidazole rings is 1. The fourth-order valence-electron chi connectivity index (χ4n) is 2.62. The first-order valence-electron chi connectivity index (χ1n) is 6.47. The Morgan fingerprint density at radius 3 is 2.95 bits per heavy atom. The van der Waals surface area contributed by atoms with Crippen LogP contribution in [0, 0.1) is 10.6 Å². The molecule has 2 aromatic heterocycles. The molecule has 0 aliphatic rings. The summed E-state index contributed by atoms with van der Waals surface area (Å²) >= 11 is 5.41. The van der Waals surface area contributed by atoms with Gasteiger partial charge in [0.2, 0.25) is 0 Å². The maximum Gasteiger partial charge on any atom is 0.182 e. The number of benzene rings is 2. The molecule has 0 radical (unpaired) electrons. The molecule has 4 rings (SSSR count). The van der Waals surface area contributed by atoms with E-state index < -0.39 is 0 Å². The van der Waals surface area contributed by atoms with Crippen molar-refractivity contribution in [2.24, 2.45) is 0 Å². The summed E-state index contributed by atoms with van der Waals surface area (Å²) in [6.07, 6.45) is 3.57. The second-order valence-electron chi connectivity index (χ2n) is 4.80. The molecule has 4 aromatic rings. The highest BCUT2D eigenvalue weighted by atomic mass is 32.1. The van der Waals surface area contributed by atoms with Crippen LogP contribution < -0.4 is 0 Å². The van der Waals surface area contributed by atoms with E-state index in [0.29, 0.717) is 10.3 Å². The van der Waals surface area contributed by atoms with E-state index >= 15 is 0 Å². The fourth-order valence-corrected chi connectivity index (χ4v) is 2.93. The zero-order valence-electron chi connectivity index (χ0n) is 10.9. The average Bonchev–Trinajstić information content (AvgIpc) is 2.81. The monoisotopic (exact) mass is 295 g/mol. The van der Waals surface area contributed by atoms with E-state index in [-0.39, 0.29) is 5.82 Å². The molecule has 21 heavy (non-hydrogen) atoms. The number of hydrogen-bond donors (Lipinski definition) is 1. The minimum atomic E-state index is -0.284. The Morgan fingerprint density at radius 2 is 2.05 bits per heavy atom. The molecule has 0 fully saturated rings. The SMILES string of the molecule is Fc1ccc2c(c1)[nH]c(=S)n2-c1cccc2cnccc12. The molecule has 0 atom stereocenters. The van der Waals surface area contributed by atoms with Crippen LogP contribution in [-0.4, -0.2) is 14.5 Å². The Kier molecular flexibility index (Phi) is 2.62. The molecule has 0 aliphatic carbocycles. The number of hydrogen-bond acceptors (Lipinski definition) is 2. The smallest absolute Gasteiger partial charge is 0.182 e. The van der Waals surface area contributed by atoms with E-state index in [9.17, 15) is 4.39 Å². The summed E-state index contributed by atoms with van der Waals surface area (Å²) in [7, 11) is 0.